The van der Waals surface area contributed by atoms with Crippen molar-refractivity contribution in [3.63, 3.8) is 0 Å². The lowest BCUT2D eigenvalue weighted by molar-refractivity contribution is 0.303. The van der Waals surface area contributed by atoms with Crippen molar-refractivity contribution in [2.75, 3.05) is 4.90 Å². The van der Waals surface area contributed by atoms with E-state index in [9.17, 15) is 0 Å². The highest BCUT2D eigenvalue weighted by Crippen LogP contribution is 2.64. The lowest BCUT2D eigenvalue weighted by Crippen LogP contribution is -2.46. The molecule has 0 fully saturated rings. The molecule has 4 atom stereocenters. The molecule has 1 heteroatoms. The predicted octanol–water partition coefficient (Wildman–Crippen LogP) is 14.0. The van der Waals surface area contributed by atoms with Crippen molar-refractivity contribution < 1.29 is 0 Å². The SMILES string of the molecule is Cc1ccc(-c2ccc(N(c3ccc4c(c3)C(C)(C)c3ccccc3-4)c3ccc4c(c3)C3(C5=C(C=CCC5C)c5ccccc53)C3C=CC=CC3C4)cc2)cc1. The molecule has 0 N–H and O–H groups in total. The van der Waals surface area contributed by atoms with Crippen molar-refractivity contribution in [2.24, 2.45) is 17.8 Å². The summed E-state index contributed by atoms with van der Waals surface area (Å²) >= 11 is 0. The molecule has 0 radical (unpaired) electrons. The van der Waals surface area contributed by atoms with Crippen LogP contribution in [0.25, 0.3) is 27.8 Å². The molecule has 11 rings (SSSR count). The molecular weight excluding hydrogens is 675 g/mol. The van der Waals surface area contributed by atoms with Gasteiger partial charge in [-0.2, -0.15) is 0 Å². The van der Waals surface area contributed by atoms with Crippen LogP contribution < -0.4 is 4.90 Å². The molecule has 0 amide bonds. The Morgan fingerprint density at radius 1 is 0.589 bits per heavy atom. The number of nitrogens with zero attached hydrogens (tertiary/aromatic N) is 1. The summed E-state index contributed by atoms with van der Waals surface area (Å²) in [6.45, 7) is 9.39. The number of rotatable bonds is 4. The second kappa shape index (κ2) is 12.3. The molecule has 0 aromatic heterocycles. The zero-order chi connectivity index (χ0) is 37.8. The Balaban J connectivity index is 1.14. The average Bonchev–Trinajstić information content (AvgIpc) is 3.65. The van der Waals surface area contributed by atoms with Gasteiger partial charge >= 0.3 is 0 Å². The Kier molecular flexibility index (Phi) is 7.33. The summed E-state index contributed by atoms with van der Waals surface area (Å²) in [6, 6.07) is 51.1. The summed E-state index contributed by atoms with van der Waals surface area (Å²) in [5, 5.41) is 0. The van der Waals surface area contributed by atoms with Gasteiger partial charge in [0.15, 0.2) is 0 Å². The van der Waals surface area contributed by atoms with Gasteiger partial charge in [-0.05, 0) is 135 Å². The van der Waals surface area contributed by atoms with Crippen LogP contribution in [0.2, 0.25) is 0 Å². The molecule has 1 nitrogen and oxygen atoms in total. The van der Waals surface area contributed by atoms with Gasteiger partial charge in [0, 0.05) is 28.4 Å². The van der Waals surface area contributed by atoms with E-state index in [2.05, 4.69) is 203 Å². The molecule has 5 aliphatic carbocycles. The van der Waals surface area contributed by atoms with Crippen molar-refractivity contribution in [1.82, 2.24) is 0 Å². The number of allylic oxidation sites excluding steroid dienone is 8. The zero-order valence-corrected chi connectivity index (χ0v) is 32.8. The van der Waals surface area contributed by atoms with Crippen LogP contribution in [-0.2, 0) is 17.3 Å². The second-order valence-corrected chi connectivity index (χ2v) is 17.4. The molecule has 6 aromatic rings. The van der Waals surface area contributed by atoms with Gasteiger partial charge < -0.3 is 4.90 Å². The van der Waals surface area contributed by atoms with Gasteiger partial charge in [-0.3, -0.25) is 0 Å². The van der Waals surface area contributed by atoms with Crippen LogP contribution >= 0.6 is 0 Å². The normalized spacial score (nSPS) is 23.0. The van der Waals surface area contributed by atoms with Crippen LogP contribution in [0, 0.1) is 24.7 Å². The Labute approximate surface area is 332 Å². The molecule has 0 saturated heterocycles. The van der Waals surface area contributed by atoms with Gasteiger partial charge in [-0.15, -0.1) is 0 Å². The van der Waals surface area contributed by atoms with Crippen molar-refractivity contribution in [2.45, 2.75) is 51.4 Å². The highest BCUT2D eigenvalue weighted by Gasteiger charge is 2.56. The highest BCUT2D eigenvalue weighted by molar-refractivity contribution is 5.91. The standard InChI is InChI=1S/C55H47N/c1-35-20-22-37(23-21-35)38-24-27-41(28-25-38)56(43-30-31-46-44-14-6-9-18-49(44)54(3,4)52(46)34-43)42-29-26-40-32-39-13-5-8-17-48(39)55(51(40)33-42)50-19-10-7-15-45(50)47-16-11-12-36(2)53(47)55/h5-11,13-31,33-34,36,39,48H,12,32H2,1-4H3. The van der Waals surface area contributed by atoms with Crippen molar-refractivity contribution in [1.29, 1.82) is 0 Å². The fourth-order valence-corrected chi connectivity index (χ4v) is 11.4. The average molecular weight is 722 g/mol. The molecule has 6 aromatic carbocycles. The zero-order valence-electron chi connectivity index (χ0n) is 32.8. The van der Waals surface area contributed by atoms with Gasteiger partial charge in [0.25, 0.3) is 0 Å². The summed E-state index contributed by atoms with van der Waals surface area (Å²) in [6.07, 6.45) is 16.6. The van der Waals surface area contributed by atoms with Gasteiger partial charge in [-0.1, -0.05) is 160 Å². The van der Waals surface area contributed by atoms with E-state index in [1.807, 2.05) is 0 Å². The van der Waals surface area contributed by atoms with Gasteiger partial charge in [0.2, 0.25) is 0 Å². The fraction of sp³-hybridized carbons (Fsp3) is 0.200. The first kappa shape index (κ1) is 33.4. The summed E-state index contributed by atoms with van der Waals surface area (Å²) in [5.41, 5.74) is 21.4. The largest absolute Gasteiger partial charge is 0.310 e. The monoisotopic (exact) mass is 721 g/mol. The Morgan fingerprint density at radius 2 is 1.21 bits per heavy atom. The van der Waals surface area contributed by atoms with Crippen LogP contribution in [0.15, 0.2) is 175 Å². The number of anilines is 3. The third-order valence-corrected chi connectivity index (χ3v) is 13.9. The third-order valence-electron chi connectivity index (χ3n) is 13.9. The van der Waals surface area contributed by atoms with Crippen molar-refractivity contribution >= 4 is 22.6 Å². The maximum absolute atomic E-state index is 2.59. The first-order valence-corrected chi connectivity index (χ1v) is 20.5. The van der Waals surface area contributed by atoms with Crippen LogP contribution in [-0.4, -0.2) is 0 Å². The molecule has 5 aliphatic rings. The smallest absolute Gasteiger partial charge is 0.0500 e. The first-order valence-electron chi connectivity index (χ1n) is 20.5. The number of aryl methyl sites for hydroxylation is 1. The van der Waals surface area contributed by atoms with Crippen LogP contribution in [0.3, 0.4) is 0 Å². The van der Waals surface area contributed by atoms with Gasteiger partial charge in [0.1, 0.15) is 0 Å². The Bertz CT molecular complexity index is 2700. The van der Waals surface area contributed by atoms with Crippen LogP contribution in [0.1, 0.15) is 66.1 Å². The second-order valence-electron chi connectivity index (χ2n) is 17.4. The van der Waals surface area contributed by atoms with Gasteiger partial charge in [-0.25, -0.2) is 0 Å². The van der Waals surface area contributed by atoms with Crippen LogP contribution in [0.5, 0.6) is 0 Å². The van der Waals surface area contributed by atoms with E-state index in [0.717, 1.165) is 18.5 Å². The minimum absolute atomic E-state index is 0.0975. The molecule has 0 heterocycles. The molecule has 4 unspecified atom stereocenters. The van der Waals surface area contributed by atoms with E-state index >= 15 is 0 Å². The van der Waals surface area contributed by atoms with E-state index in [-0.39, 0.29) is 10.8 Å². The van der Waals surface area contributed by atoms with E-state index in [1.165, 1.54) is 78.1 Å². The summed E-state index contributed by atoms with van der Waals surface area (Å²) < 4.78 is 0. The molecule has 272 valence electrons. The third kappa shape index (κ3) is 4.67. The Hall–Kier alpha value is -5.92. The predicted molar refractivity (Wildman–Crippen MR) is 235 cm³/mol. The minimum atomic E-state index is -0.242. The molecule has 1 spiro atoms. The minimum Gasteiger partial charge on any atom is -0.310 e. The van der Waals surface area contributed by atoms with E-state index < -0.39 is 0 Å². The number of fused-ring (bicyclic) bond motifs is 11. The maximum Gasteiger partial charge on any atom is 0.0500 e. The van der Waals surface area contributed by atoms with Crippen LogP contribution in [0.4, 0.5) is 17.1 Å². The van der Waals surface area contributed by atoms with E-state index in [1.54, 1.807) is 5.57 Å². The fourth-order valence-electron chi connectivity index (χ4n) is 11.4. The highest BCUT2D eigenvalue weighted by atomic mass is 15.1. The van der Waals surface area contributed by atoms with Crippen molar-refractivity contribution in [3.05, 3.63) is 214 Å². The number of hydrogen-bond acceptors (Lipinski definition) is 1. The molecule has 0 saturated carbocycles. The quantitative estimate of drug-likeness (QED) is 0.175. The number of benzene rings is 6. The lowest BCUT2D eigenvalue weighted by atomic mass is 9.52. The first-order chi connectivity index (χ1) is 27.3. The topological polar surface area (TPSA) is 3.24 Å². The van der Waals surface area contributed by atoms with E-state index in [0.29, 0.717) is 17.8 Å². The molecule has 56 heavy (non-hydrogen) atoms. The summed E-state index contributed by atoms with van der Waals surface area (Å²) in [7, 11) is 0. The Morgan fingerprint density at radius 3 is 2.00 bits per heavy atom. The lowest BCUT2D eigenvalue weighted by Gasteiger charge is -2.50. The molecule has 0 aliphatic heterocycles. The molecule has 0 bridgehead atoms. The molecular formula is C55H47N. The van der Waals surface area contributed by atoms with Gasteiger partial charge in [0.05, 0.1) is 5.41 Å². The summed E-state index contributed by atoms with van der Waals surface area (Å²) in [4.78, 5) is 2.52. The maximum atomic E-state index is 2.59. The van der Waals surface area contributed by atoms with Crippen molar-refractivity contribution in [3.8, 4) is 22.3 Å². The summed E-state index contributed by atoms with van der Waals surface area (Å²) in [5.74, 6) is 1.24. The van der Waals surface area contributed by atoms with E-state index in [4.69, 9.17) is 0 Å². The number of hydrogen-bond donors (Lipinski definition) is 0.